The predicted octanol–water partition coefficient (Wildman–Crippen LogP) is 0.518. The van der Waals surface area contributed by atoms with Crippen LogP contribution in [0.2, 0.25) is 0 Å². The topological polar surface area (TPSA) is 88.1 Å². The molecule has 0 aliphatic carbocycles. The number of esters is 1. The van der Waals surface area contributed by atoms with Crippen molar-refractivity contribution in [1.29, 1.82) is 0 Å². The van der Waals surface area contributed by atoms with Crippen LogP contribution in [0.4, 0.5) is 0 Å². The molecule has 7 heteroatoms. The van der Waals surface area contributed by atoms with Crippen molar-refractivity contribution in [3.05, 3.63) is 42.5 Å². The highest BCUT2D eigenvalue weighted by Gasteiger charge is 2.33. The average molecular weight is 362 g/mol. The quantitative estimate of drug-likeness (QED) is 0.492. The van der Waals surface area contributed by atoms with Crippen molar-refractivity contribution in [3.8, 4) is 5.75 Å². The molecule has 0 bridgehead atoms. The fourth-order valence-electron chi connectivity index (χ4n) is 2.92. The van der Waals surface area contributed by atoms with Gasteiger partial charge in [0.05, 0.1) is 19.6 Å². The number of hydrogen-bond acceptors (Lipinski definition) is 6. The van der Waals surface area contributed by atoms with E-state index in [-0.39, 0.29) is 25.5 Å². The fourth-order valence-corrected chi connectivity index (χ4v) is 2.92. The SMILES string of the molecule is C=CCc1ccccc1OCC(O)CN1CCNC(=O)C1CC(=O)OC. The highest BCUT2D eigenvalue weighted by Crippen LogP contribution is 2.19. The summed E-state index contributed by atoms with van der Waals surface area (Å²) in [7, 11) is 1.29. The molecular weight excluding hydrogens is 336 g/mol. The summed E-state index contributed by atoms with van der Waals surface area (Å²) in [6, 6.07) is 6.95. The predicted molar refractivity (Wildman–Crippen MR) is 96.8 cm³/mol. The van der Waals surface area contributed by atoms with Gasteiger partial charge in [0.25, 0.3) is 0 Å². The van der Waals surface area contributed by atoms with Crippen LogP contribution in [0, 0.1) is 0 Å². The molecule has 1 amide bonds. The fraction of sp³-hybridized carbons (Fsp3) is 0.474. The summed E-state index contributed by atoms with van der Waals surface area (Å²) in [4.78, 5) is 25.4. The van der Waals surface area contributed by atoms with Crippen LogP contribution in [0.3, 0.4) is 0 Å². The van der Waals surface area contributed by atoms with Gasteiger partial charge < -0.3 is 19.9 Å². The molecule has 0 radical (unpaired) electrons. The molecule has 1 fully saturated rings. The Balaban J connectivity index is 1.93. The number of para-hydroxylation sites is 1. The molecule has 1 aromatic carbocycles. The molecule has 2 unspecified atom stereocenters. The Labute approximate surface area is 153 Å². The number of carbonyl (C=O) groups is 2. The van der Waals surface area contributed by atoms with Crippen molar-refractivity contribution in [2.24, 2.45) is 0 Å². The first-order chi connectivity index (χ1) is 12.5. The van der Waals surface area contributed by atoms with Gasteiger partial charge in [-0.1, -0.05) is 24.3 Å². The Morgan fingerprint density at radius 2 is 2.27 bits per heavy atom. The first kappa shape index (κ1) is 19.9. The Morgan fingerprint density at radius 1 is 1.50 bits per heavy atom. The molecule has 1 heterocycles. The van der Waals surface area contributed by atoms with Gasteiger partial charge in [0.15, 0.2) is 0 Å². The lowest BCUT2D eigenvalue weighted by Crippen LogP contribution is -2.57. The van der Waals surface area contributed by atoms with Crippen LogP contribution in [0.15, 0.2) is 36.9 Å². The number of rotatable bonds is 9. The van der Waals surface area contributed by atoms with Gasteiger partial charge in [0.1, 0.15) is 18.5 Å². The number of amides is 1. The molecule has 26 heavy (non-hydrogen) atoms. The molecule has 0 spiro atoms. The number of β-amino-alcohol motifs (C(OH)–C–C–N with tert-alkyl or cyclic N) is 1. The molecule has 2 atom stereocenters. The summed E-state index contributed by atoms with van der Waals surface area (Å²) in [5.41, 5.74) is 0.996. The van der Waals surface area contributed by atoms with Crippen molar-refractivity contribution in [1.82, 2.24) is 10.2 Å². The van der Waals surface area contributed by atoms with Gasteiger partial charge in [0, 0.05) is 19.6 Å². The highest BCUT2D eigenvalue weighted by molar-refractivity contribution is 5.87. The first-order valence-corrected chi connectivity index (χ1v) is 8.63. The van der Waals surface area contributed by atoms with Gasteiger partial charge >= 0.3 is 5.97 Å². The number of methoxy groups -OCH3 is 1. The molecule has 2 rings (SSSR count). The van der Waals surface area contributed by atoms with Gasteiger partial charge in [0.2, 0.25) is 5.91 Å². The second-order valence-corrected chi connectivity index (χ2v) is 6.15. The third kappa shape index (κ3) is 5.57. The molecule has 1 aliphatic heterocycles. The van der Waals surface area contributed by atoms with Gasteiger partial charge in [-0.2, -0.15) is 0 Å². The van der Waals surface area contributed by atoms with Crippen molar-refractivity contribution in [3.63, 3.8) is 0 Å². The number of carbonyl (C=O) groups excluding carboxylic acids is 2. The van der Waals surface area contributed by atoms with Gasteiger partial charge in [-0.25, -0.2) is 0 Å². The lowest BCUT2D eigenvalue weighted by Gasteiger charge is -2.35. The van der Waals surface area contributed by atoms with Crippen molar-refractivity contribution >= 4 is 11.9 Å². The largest absolute Gasteiger partial charge is 0.491 e. The Bertz CT molecular complexity index is 634. The van der Waals surface area contributed by atoms with E-state index in [1.807, 2.05) is 24.3 Å². The number of hydrogen-bond donors (Lipinski definition) is 2. The van der Waals surface area contributed by atoms with E-state index >= 15 is 0 Å². The monoisotopic (exact) mass is 362 g/mol. The number of aliphatic hydroxyl groups is 1. The van der Waals surface area contributed by atoms with E-state index < -0.39 is 18.1 Å². The molecule has 1 aromatic rings. The van der Waals surface area contributed by atoms with E-state index in [9.17, 15) is 14.7 Å². The average Bonchev–Trinajstić information content (AvgIpc) is 2.64. The van der Waals surface area contributed by atoms with Gasteiger partial charge in [-0.15, -0.1) is 6.58 Å². The normalized spacial score (nSPS) is 18.7. The Kier molecular flexibility index (Phi) is 7.62. The van der Waals surface area contributed by atoms with E-state index in [0.29, 0.717) is 25.3 Å². The van der Waals surface area contributed by atoms with Crippen LogP contribution in [0.25, 0.3) is 0 Å². The van der Waals surface area contributed by atoms with E-state index in [2.05, 4.69) is 16.6 Å². The van der Waals surface area contributed by atoms with Crippen LogP contribution < -0.4 is 10.1 Å². The zero-order valence-corrected chi connectivity index (χ0v) is 15.0. The summed E-state index contributed by atoms with van der Waals surface area (Å²) < 4.78 is 10.4. The second kappa shape index (κ2) is 9.94. The summed E-state index contributed by atoms with van der Waals surface area (Å²) in [5.74, 6) is 0.0150. The smallest absolute Gasteiger partial charge is 0.307 e. The van der Waals surface area contributed by atoms with Gasteiger partial charge in [-0.05, 0) is 18.1 Å². The molecular formula is C19H26N2O5. The maximum absolute atomic E-state index is 12.1. The minimum atomic E-state index is -0.794. The summed E-state index contributed by atoms with van der Waals surface area (Å²) in [6.07, 6.45) is 1.64. The van der Waals surface area contributed by atoms with Gasteiger partial charge in [-0.3, -0.25) is 14.5 Å². The minimum Gasteiger partial charge on any atom is -0.491 e. The summed E-state index contributed by atoms with van der Waals surface area (Å²) >= 11 is 0. The van der Waals surface area contributed by atoms with E-state index in [4.69, 9.17) is 4.74 Å². The number of allylic oxidation sites excluding steroid dienone is 1. The molecule has 1 aliphatic rings. The molecule has 7 nitrogen and oxygen atoms in total. The highest BCUT2D eigenvalue weighted by atomic mass is 16.5. The first-order valence-electron chi connectivity index (χ1n) is 8.63. The number of benzene rings is 1. The van der Waals surface area contributed by atoms with Crippen molar-refractivity contribution < 1.29 is 24.2 Å². The third-order valence-corrected chi connectivity index (χ3v) is 4.24. The van der Waals surface area contributed by atoms with E-state index in [1.165, 1.54) is 7.11 Å². The Morgan fingerprint density at radius 3 is 3.00 bits per heavy atom. The molecule has 142 valence electrons. The molecule has 0 saturated carbocycles. The number of piperazine rings is 1. The van der Waals surface area contributed by atoms with Crippen molar-refractivity contribution in [2.75, 3.05) is 33.4 Å². The number of nitrogens with one attached hydrogen (secondary N) is 1. The number of aliphatic hydroxyl groups excluding tert-OH is 1. The van der Waals surface area contributed by atoms with E-state index in [1.54, 1.807) is 11.0 Å². The lowest BCUT2D eigenvalue weighted by molar-refractivity contribution is -0.146. The third-order valence-electron chi connectivity index (χ3n) is 4.24. The van der Waals surface area contributed by atoms with Crippen LogP contribution in [-0.4, -0.2) is 67.4 Å². The maximum Gasteiger partial charge on any atom is 0.307 e. The molecule has 2 N–H and O–H groups in total. The van der Waals surface area contributed by atoms with Crippen molar-refractivity contribution in [2.45, 2.75) is 25.0 Å². The summed E-state index contributed by atoms with van der Waals surface area (Å²) in [6.45, 7) is 5.09. The standard InChI is InChI=1S/C19H26N2O5/c1-3-6-14-7-4-5-8-17(14)26-13-15(22)12-21-10-9-20-19(24)16(21)11-18(23)25-2/h3-5,7-8,15-16,22H,1,6,9-13H2,2H3,(H,20,24). The molecule has 1 saturated heterocycles. The van der Waals surface area contributed by atoms with Crippen LogP contribution in [-0.2, 0) is 20.7 Å². The van der Waals surface area contributed by atoms with E-state index in [0.717, 1.165) is 5.56 Å². The minimum absolute atomic E-state index is 0.0436. The number of nitrogens with zero attached hydrogens (tertiary/aromatic N) is 1. The summed E-state index contributed by atoms with van der Waals surface area (Å²) in [5, 5.41) is 13.1. The second-order valence-electron chi connectivity index (χ2n) is 6.15. The van der Waals surface area contributed by atoms with Crippen LogP contribution in [0.1, 0.15) is 12.0 Å². The number of ether oxygens (including phenoxy) is 2. The zero-order valence-electron chi connectivity index (χ0n) is 15.0. The maximum atomic E-state index is 12.1. The Hall–Kier alpha value is -2.38. The van der Waals surface area contributed by atoms with Crippen LogP contribution >= 0.6 is 0 Å². The zero-order chi connectivity index (χ0) is 18.9. The molecule has 0 aromatic heterocycles. The van der Waals surface area contributed by atoms with Crippen LogP contribution in [0.5, 0.6) is 5.75 Å². The lowest BCUT2D eigenvalue weighted by atomic mass is 10.1.